The number of hydrogen-bond acceptors (Lipinski definition) is 5. The summed E-state index contributed by atoms with van der Waals surface area (Å²) >= 11 is 1.17. The van der Waals surface area contributed by atoms with Crippen LogP contribution in [-0.2, 0) is 11.3 Å². The number of urea groups is 1. The Morgan fingerprint density at radius 3 is 2.71 bits per heavy atom. The van der Waals surface area contributed by atoms with E-state index in [2.05, 4.69) is 36.4 Å². The lowest BCUT2D eigenvalue weighted by atomic mass is 10.1. The number of fused-ring (bicyclic) bond motifs is 1. The normalized spacial score (nSPS) is 11.0. The highest BCUT2D eigenvalue weighted by molar-refractivity contribution is 7.99. The van der Waals surface area contributed by atoms with Crippen LogP contribution in [0.2, 0.25) is 0 Å². The second-order valence-corrected chi connectivity index (χ2v) is 7.94. The molecule has 0 unspecified atom stereocenters. The molecule has 1 heterocycles. The topological polar surface area (TPSA) is 93.1 Å². The summed E-state index contributed by atoms with van der Waals surface area (Å²) in [6.45, 7) is 7.25. The molecule has 0 radical (unpaired) electrons. The molecule has 0 bridgehead atoms. The van der Waals surface area contributed by atoms with Crippen molar-refractivity contribution in [2.24, 2.45) is 5.92 Å². The molecule has 1 aromatic carbocycles. The van der Waals surface area contributed by atoms with Gasteiger partial charge >= 0.3 is 6.03 Å². The first-order valence-electron chi connectivity index (χ1n) is 9.62. The van der Waals surface area contributed by atoms with Crippen LogP contribution in [0.15, 0.2) is 34.2 Å². The number of para-hydroxylation sites is 1. The number of carbonyl (C=O) groups is 2. The molecule has 1 aromatic heterocycles. The molecule has 152 valence electrons. The van der Waals surface area contributed by atoms with Crippen molar-refractivity contribution in [3.63, 3.8) is 0 Å². The fraction of sp³-hybridized carbons (Fsp3) is 0.500. The summed E-state index contributed by atoms with van der Waals surface area (Å²) in [7, 11) is 0. The summed E-state index contributed by atoms with van der Waals surface area (Å²) in [5.74, 6) is 0.0657. The van der Waals surface area contributed by atoms with Crippen molar-refractivity contribution in [2.45, 2.75) is 51.7 Å². The molecule has 0 aliphatic rings. The molecule has 3 amide bonds. The third kappa shape index (κ3) is 6.37. The van der Waals surface area contributed by atoms with Gasteiger partial charge in [-0.05, 0) is 30.9 Å². The predicted molar refractivity (Wildman–Crippen MR) is 113 cm³/mol. The van der Waals surface area contributed by atoms with Crippen molar-refractivity contribution in [1.29, 1.82) is 0 Å². The van der Waals surface area contributed by atoms with Crippen molar-refractivity contribution >= 4 is 34.6 Å². The molecule has 8 heteroatoms. The van der Waals surface area contributed by atoms with E-state index in [1.165, 1.54) is 11.8 Å². The molecule has 7 nitrogen and oxygen atoms in total. The lowest BCUT2D eigenvalue weighted by Crippen LogP contribution is -2.41. The van der Waals surface area contributed by atoms with Crippen LogP contribution >= 0.6 is 11.8 Å². The summed E-state index contributed by atoms with van der Waals surface area (Å²) in [6.07, 6.45) is 2.64. The maximum absolute atomic E-state index is 12.8. The van der Waals surface area contributed by atoms with Crippen molar-refractivity contribution in [2.75, 3.05) is 12.3 Å². The highest BCUT2D eigenvalue weighted by Gasteiger charge is 2.14. The van der Waals surface area contributed by atoms with Crippen LogP contribution in [0, 0.1) is 5.92 Å². The minimum atomic E-state index is -0.499. The van der Waals surface area contributed by atoms with Crippen LogP contribution < -0.4 is 16.2 Å². The molecule has 0 spiro atoms. The molecule has 0 fully saturated rings. The molecule has 2 N–H and O–H groups in total. The van der Waals surface area contributed by atoms with Crippen LogP contribution in [0.5, 0.6) is 0 Å². The number of thioether (sulfide) groups is 1. The van der Waals surface area contributed by atoms with E-state index in [-0.39, 0.29) is 11.3 Å². The fourth-order valence-electron chi connectivity index (χ4n) is 2.58. The number of unbranched alkanes of at least 4 members (excludes halogenated alkanes) is 1. The third-order valence-corrected chi connectivity index (χ3v) is 5.13. The van der Waals surface area contributed by atoms with Gasteiger partial charge in [-0.2, -0.15) is 0 Å². The lowest BCUT2D eigenvalue weighted by Gasteiger charge is -2.13. The van der Waals surface area contributed by atoms with Crippen molar-refractivity contribution in [3.05, 3.63) is 34.6 Å². The molecular weight excluding hydrogens is 376 g/mol. The first-order chi connectivity index (χ1) is 13.4. The summed E-state index contributed by atoms with van der Waals surface area (Å²) in [5.41, 5.74) is 0.503. The molecular formula is C20H28N4O3S. The van der Waals surface area contributed by atoms with E-state index in [1.54, 1.807) is 16.7 Å². The average molecular weight is 405 g/mol. The maximum atomic E-state index is 12.8. The quantitative estimate of drug-likeness (QED) is 0.495. The Morgan fingerprint density at radius 1 is 1.25 bits per heavy atom. The molecule has 0 saturated carbocycles. The van der Waals surface area contributed by atoms with E-state index in [9.17, 15) is 14.4 Å². The Bertz CT molecular complexity index is 879. The highest BCUT2D eigenvalue weighted by Crippen LogP contribution is 2.18. The fourth-order valence-corrected chi connectivity index (χ4v) is 3.41. The smallest absolute Gasteiger partial charge is 0.321 e. The molecule has 0 aliphatic carbocycles. The molecule has 0 aliphatic heterocycles. The third-order valence-electron chi connectivity index (χ3n) is 4.15. The number of rotatable bonds is 9. The summed E-state index contributed by atoms with van der Waals surface area (Å²) in [5, 5.41) is 6.04. The maximum Gasteiger partial charge on any atom is 0.321 e. The van der Waals surface area contributed by atoms with Gasteiger partial charge in [0.25, 0.3) is 5.56 Å². The molecule has 2 aromatic rings. The lowest BCUT2D eigenvalue weighted by molar-refractivity contribution is -0.117. The Labute approximate surface area is 169 Å². The highest BCUT2D eigenvalue weighted by atomic mass is 32.2. The van der Waals surface area contributed by atoms with Gasteiger partial charge in [-0.15, -0.1) is 0 Å². The minimum absolute atomic E-state index is 0.00844. The molecule has 2 rings (SSSR count). The Morgan fingerprint density at radius 2 is 2.00 bits per heavy atom. The van der Waals surface area contributed by atoms with E-state index in [1.807, 2.05) is 12.1 Å². The minimum Gasteiger partial charge on any atom is -0.338 e. The average Bonchev–Trinajstić information content (AvgIpc) is 2.65. The summed E-state index contributed by atoms with van der Waals surface area (Å²) in [6, 6.07) is 6.69. The zero-order valence-electron chi connectivity index (χ0n) is 16.7. The van der Waals surface area contributed by atoms with Gasteiger partial charge in [-0.3, -0.25) is 19.5 Å². The standard InChI is InChI=1S/C20H28N4O3S/c1-4-5-12-24-18(26)15-8-6-7-9-16(15)22-20(24)28-13-17(25)23-19(27)21-11-10-14(2)3/h6-9,14H,4-5,10-13H2,1-3H3,(H2,21,23,25,27). The van der Waals surface area contributed by atoms with E-state index in [4.69, 9.17) is 0 Å². The predicted octanol–water partition coefficient (Wildman–Crippen LogP) is 3.16. The number of amides is 3. The second-order valence-electron chi connectivity index (χ2n) is 7.00. The van der Waals surface area contributed by atoms with Crippen LogP contribution in [0.25, 0.3) is 10.9 Å². The van der Waals surface area contributed by atoms with Crippen molar-refractivity contribution < 1.29 is 9.59 Å². The summed E-state index contributed by atoms with van der Waals surface area (Å²) < 4.78 is 1.62. The van der Waals surface area contributed by atoms with Crippen molar-refractivity contribution in [3.8, 4) is 0 Å². The van der Waals surface area contributed by atoms with E-state index < -0.39 is 11.9 Å². The van der Waals surface area contributed by atoms with Crippen LogP contribution in [0.4, 0.5) is 4.79 Å². The van der Waals surface area contributed by atoms with Gasteiger partial charge in [-0.25, -0.2) is 9.78 Å². The molecule has 0 atom stereocenters. The summed E-state index contributed by atoms with van der Waals surface area (Å²) in [4.78, 5) is 41.2. The van der Waals surface area contributed by atoms with Gasteiger partial charge in [-0.1, -0.05) is 51.1 Å². The zero-order valence-corrected chi connectivity index (χ0v) is 17.5. The largest absolute Gasteiger partial charge is 0.338 e. The number of nitrogens with one attached hydrogen (secondary N) is 2. The first kappa shape index (κ1) is 21.9. The number of nitrogens with zero attached hydrogens (tertiary/aromatic N) is 2. The zero-order chi connectivity index (χ0) is 20.5. The monoisotopic (exact) mass is 404 g/mol. The van der Waals surface area contributed by atoms with E-state index >= 15 is 0 Å². The van der Waals surface area contributed by atoms with Crippen LogP contribution in [0.1, 0.15) is 40.0 Å². The second kappa shape index (κ2) is 10.8. The number of hydrogen-bond donors (Lipinski definition) is 2. The number of aromatic nitrogens is 2. The van der Waals surface area contributed by atoms with Crippen LogP contribution in [-0.4, -0.2) is 33.8 Å². The van der Waals surface area contributed by atoms with Gasteiger partial charge in [0.05, 0.1) is 16.7 Å². The van der Waals surface area contributed by atoms with Gasteiger partial charge in [0.15, 0.2) is 5.16 Å². The van der Waals surface area contributed by atoms with Gasteiger partial charge in [0, 0.05) is 13.1 Å². The van der Waals surface area contributed by atoms with Crippen LogP contribution in [0.3, 0.4) is 0 Å². The van der Waals surface area contributed by atoms with Gasteiger partial charge in [0.1, 0.15) is 0 Å². The Hall–Kier alpha value is -2.35. The Kier molecular flexibility index (Phi) is 8.50. The van der Waals surface area contributed by atoms with Gasteiger partial charge in [0.2, 0.25) is 5.91 Å². The van der Waals surface area contributed by atoms with Crippen molar-refractivity contribution in [1.82, 2.24) is 20.2 Å². The molecule has 0 saturated heterocycles. The number of carbonyl (C=O) groups excluding carboxylic acids is 2. The van der Waals surface area contributed by atoms with Gasteiger partial charge < -0.3 is 5.32 Å². The number of imide groups is 1. The Balaban J connectivity index is 2.05. The first-order valence-corrected chi connectivity index (χ1v) is 10.6. The number of benzene rings is 1. The van der Waals surface area contributed by atoms with E-state index in [0.29, 0.717) is 35.1 Å². The van der Waals surface area contributed by atoms with E-state index in [0.717, 1.165) is 19.3 Å². The SMILES string of the molecule is CCCCn1c(SCC(=O)NC(=O)NCCC(C)C)nc2ccccc2c1=O. The molecule has 28 heavy (non-hydrogen) atoms.